The summed E-state index contributed by atoms with van der Waals surface area (Å²) in [5.41, 5.74) is 0.718. The van der Waals surface area contributed by atoms with Gasteiger partial charge in [0.05, 0.1) is 6.61 Å². The molecule has 0 aliphatic carbocycles. The van der Waals surface area contributed by atoms with Crippen LogP contribution in [0.15, 0.2) is 36.4 Å². The average molecular weight is 351 g/mol. The Balaban J connectivity index is 2.22. The Morgan fingerprint density at radius 3 is 2.29 bits per heavy atom. The van der Waals surface area contributed by atoms with Gasteiger partial charge in [0.2, 0.25) is 0 Å². The van der Waals surface area contributed by atoms with Crippen LogP contribution >= 0.6 is 11.6 Å². The van der Waals surface area contributed by atoms with Gasteiger partial charge in [0, 0.05) is 10.4 Å². The number of hydrogen-bond donors (Lipinski definition) is 1. The summed E-state index contributed by atoms with van der Waals surface area (Å²) in [6, 6.07) is 9.68. The third-order valence-corrected chi connectivity index (χ3v) is 4.35. The van der Waals surface area contributed by atoms with Crippen LogP contribution in [0, 0.1) is 5.82 Å². The standard InChI is InChI=1S/C20H24ClFO2/c1-19(2,3)16-11-14(7-9-18(16)22)24-12-20(4,5)15-10-13(23)6-8-17(15)21/h6-11,23H,12H2,1-5H3. The van der Waals surface area contributed by atoms with Crippen LogP contribution in [-0.4, -0.2) is 11.7 Å². The second-order valence-electron chi connectivity index (χ2n) is 7.73. The van der Waals surface area contributed by atoms with Crippen LogP contribution in [0.3, 0.4) is 0 Å². The molecule has 0 atom stereocenters. The fourth-order valence-electron chi connectivity index (χ4n) is 2.54. The van der Waals surface area contributed by atoms with Crippen molar-refractivity contribution in [2.24, 2.45) is 0 Å². The average Bonchev–Trinajstić information content (AvgIpc) is 2.47. The zero-order valence-electron chi connectivity index (χ0n) is 14.8. The lowest BCUT2D eigenvalue weighted by Gasteiger charge is -2.27. The predicted octanol–water partition coefficient (Wildman–Crippen LogP) is 5.84. The van der Waals surface area contributed by atoms with E-state index in [1.165, 1.54) is 6.07 Å². The Morgan fingerprint density at radius 2 is 1.67 bits per heavy atom. The minimum Gasteiger partial charge on any atom is -0.508 e. The summed E-state index contributed by atoms with van der Waals surface area (Å²) in [6.07, 6.45) is 0. The van der Waals surface area contributed by atoms with Gasteiger partial charge in [-0.2, -0.15) is 0 Å². The molecule has 0 bridgehead atoms. The van der Waals surface area contributed by atoms with E-state index < -0.39 is 5.41 Å². The molecule has 0 amide bonds. The molecule has 2 rings (SSSR count). The van der Waals surface area contributed by atoms with Crippen LogP contribution in [0.1, 0.15) is 45.7 Å². The Bertz CT molecular complexity index is 733. The summed E-state index contributed by atoms with van der Waals surface area (Å²) in [6.45, 7) is 10.2. The largest absolute Gasteiger partial charge is 0.508 e. The Kier molecular flexibility index (Phi) is 5.14. The first-order valence-corrected chi connectivity index (χ1v) is 8.30. The molecule has 0 saturated carbocycles. The highest BCUT2D eigenvalue weighted by molar-refractivity contribution is 6.31. The first-order chi connectivity index (χ1) is 11.0. The van der Waals surface area contributed by atoms with Crippen molar-refractivity contribution >= 4 is 11.6 Å². The fourth-order valence-corrected chi connectivity index (χ4v) is 2.92. The molecular weight excluding hydrogens is 327 g/mol. The number of halogens is 2. The molecule has 0 radical (unpaired) electrons. The van der Waals surface area contributed by atoms with E-state index in [9.17, 15) is 9.50 Å². The van der Waals surface area contributed by atoms with E-state index in [1.807, 2.05) is 34.6 Å². The van der Waals surface area contributed by atoms with E-state index in [4.69, 9.17) is 16.3 Å². The van der Waals surface area contributed by atoms with Gasteiger partial charge in [-0.05, 0) is 52.9 Å². The molecule has 130 valence electrons. The second kappa shape index (κ2) is 6.64. The lowest BCUT2D eigenvalue weighted by molar-refractivity contribution is 0.239. The lowest BCUT2D eigenvalue weighted by atomic mass is 9.85. The minimum atomic E-state index is -0.411. The Labute approximate surface area is 148 Å². The summed E-state index contributed by atoms with van der Waals surface area (Å²) in [5.74, 6) is 0.551. The zero-order chi connectivity index (χ0) is 18.1. The molecule has 2 aromatic rings. The van der Waals surface area contributed by atoms with Crippen LogP contribution in [0.25, 0.3) is 0 Å². The number of rotatable bonds is 4. The molecule has 1 N–H and O–H groups in total. The van der Waals surface area contributed by atoms with Gasteiger partial charge in [-0.15, -0.1) is 0 Å². The first kappa shape index (κ1) is 18.6. The van der Waals surface area contributed by atoms with Crippen molar-refractivity contribution in [3.63, 3.8) is 0 Å². The van der Waals surface area contributed by atoms with Gasteiger partial charge in [0.25, 0.3) is 0 Å². The molecule has 2 nitrogen and oxygen atoms in total. The SMILES string of the molecule is CC(C)(C)c1cc(OCC(C)(C)c2cc(O)ccc2Cl)ccc1F. The van der Waals surface area contributed by atoms with Gasteiger partial charge in [-0.1, -0.05) is 46.2 Å². The molecule has 0 heterocycles. The third-order valence-electron chi connectivity index (χ3n) is 4.02. The summed E-state index contributed by atoms with van der Waals surface area (Å²) < 4.78 is 19.9. The summed E-state index contributed by atoms with van der Waals surface area (Å²) in [7, 11) is 0. The second-order valence-corrected chi connectivity index (χ2v) is 8.14. The zero-order valence-corrected chi connectivity index (χ0v) is 15.5. The lowest BCUT2D eigenvalue weighted by Crippen LogP contribution is -2.26. The smallest absolute Gasteiger partial charge is 0.127 e. The van der Waals surface area contributed by atoms with E-state index in [1.54, 1.807) is 30.3 Å². The molecule has 0 spiro atoms. The van der Waals surface area contributed by atoms with E-state index in [2.05, 4.69) is 0 Å². The number of ether oxygens (including phenoxy) is 1. The monoisotopic (exact) mass is 350 g/mol. The van der Waals surface area contributed by atoms with Crippen LogP contribution in [-0.2, 0) is 10.8 Å². The maximum Gasteiger partial charge on any atom is 0.127 e. The van der Waals surface area contributed by atoms with Crippen LogP contribution in [0.4, 0.5) is 4.39 Å². The van der Waals surface area contributed by atoms with Gasteiger partial charge < -0.3 is 9.84 Å². The van der Waals surface area contributed by atoms with Crippen molar-refractivity contribution in [1.82, 2.24) is 0 Å². The molecule has 0 saturated heterocycles. The van der Waals surface area contributed by atoms with Crippen molar-refractivity contribution in [2.75, 3.05) is 6.61 Å². The quantitative estimate of drug-likeness (QED) is 0.750. The molecule has 4 heteroatoms. The topological polar surface area (TPSA) is 29.5 Å². The highest BCUT2D eigenvalue weighted by Crippen LogP contribution is 2.34. The molecular formula is C20H24ClFO2. The van der Waals surface area contributed by atoms with Crippen LogP contribution in [0.2, 0.25) is 5.02 Å². The van der Waals surface area contributed by atoms with Crippen molar-refractivity contribution in [3.05, 3.63) is 58.4 Å². The predicted molar refractivity (Wildman–Crippen MR) is 96.7 cm³/mol. The van der Waals surface area contributed by atoms with E-state index in [-0.39, 0.29) is 17.0 Å². The number of phenolic OH excluding ortho intramolecular Hbond substituents is 1. The van der Waals surface area contributed by atoms with Crippen LogP contribution in [0.5, 0.6) is 11.5 Å². The number of aromatic hydroxyl groups is 1. The van der Waals surface area contributed by atoms with Gasteiger partial charge >= 0.3 is 0 Å². The van der Waals surface area contributed by atoms with Crippen LogP contribution < -0.4 is 4.74 Å². The third kappa shape index (κ3) is 4.21. The van der Waals surface area contributed by atoms with Crippen molar-refractivity contribution < 1.29 is 14.2 Å². The molecule has 0 aliphatic rings. The fraction of sp³-hybridized carbons (Fsp3) is 0.400. The highest BCUT2D eigenvalue weighted by atomic mass is 35.5. The molecule has 24 heavy (non-hydrogen) atoms. The summed E-state index contributed by atoms with van der Waals surface area (Å²) in [5, 5.41) is 10.3. The number of phenols is 1. The summed E-state index contributed by atoms with van der Waals surface area (Å²) in [4.78, 5) is 0. The molecule has 0 aliphatic heterocycles. The number of hydrogen-bond acceptors (Lipinski definition) is 2. The molecule has 0 unspecified atom stereocenters. The summed E-state index contributed by atoms with van der Waals surface area (Å²) >= 11 is 6.25. The molecule has 0 aromatic heterocycles. The van der Waals surface area contributed by atoms with E-state index >= 15 is 0 Å². The van der Waals surface area contributed by atoms with Crippen molar-refractivity contribution in [1.29, 1.82) is 0 Å². The minimum absolute atomic E-state index is 0.166. The van der Waals surface area contributed by atoms with Gasteiger partial charge in [-0.25, -0.2) is 4.39 Å². The van der Waals surface area contributed by atoms with Gasteiger partial charge in [0.1, 0.15) is 17.3 Å². The first-order valence-electron chi connectivity index (χ1n) is 7.92. The normalized spacial score (nSPS) is 12.3. The molecule has 2 aromatic carbocycles. The van der Waals surface area contributed by atoms with Crippen molar-refractivity contribution in [2.45, 2.75) is 45.4 Å². The Morgan fingerprint density at radius 1 is 1.00 bits per heavy atom. The maximum absolute atomic E-state index is 14.0. The van der Waals surface area contributed by atoms with Crippen molar-refractivity contribution in [3.8, 4) is 11.5 Å². The highest BCUT2D eigenvalue weighted by Gasteiger charge is 2.26. The van der Waals surface area contributed by atoms with E-state index in [0.29, 0.717) is 22.9 Å². The van der Waals surface area contributed by atoms with Gasteiger partial charge in [0.15, 0.2) is 0 Å². The molecule has 0 fully saturated rings. The van der Waals surface area contributed by atoms with Gasteiger partial charge in [-0.3, -0.25) is 0 Å². The van der Waals surface area contributed by atoms with E-state index in [0.717, 1.165) is 5.56 Å². The maximum atomic E-state index is 14.0. The Hall–Kier alpha value is -1.74. The number of benzene rings is 2.